The highest BCUT2D eigenvalue weighted by Gasteiger charge is 2.17. The first-order chi connectivity index (χ1) is 17.8. The van der Waals surface area contributed by atoms with Gasteiger partial charge in [-0.3, -0.25) is 9.97 Å². The largest absolute Gasteiger partial charge is 0.264 e. The molecule has 0 N–H and O–H groups in total. The maximum Gasteiger partial charge on any atom is 0.150 e. The van der Waals surface area contributed by atoms with Gasteiger partial charge < -0.3 is 0 Å². The molecule has 0 aliphatic carbocycles. The molecular formula is C31H28N2O2S2. The molecule has 5 rings (SSSR count). The molecule has 0 bridgehead atoms. The van der Waals surface area contributed by atoms with Gasteiger partial charge in [0.2, 0.25) is 0 Å². The number of sulfone groups is 1. The van der Waals surface area contributed by atoms with E-state index in [1.165, 1.54) is 11.2 Å². The molecule has 1 unspecified atom stereocenters. The molecule has 3 aromatic carbocycles. The Balaban J connectivity index is 1.62. The summed E-state index contributed by atoms with van der Waals surface area (Å²) in [4.78, 5) is 10.3. The Bertz CT molecular complexity index is 1680. The number of hydrogen-bond acceptors (Lipinski definition) is 5. The van der Waals surface area contributed by atoms with Gasteiger partial charge in [-0.1, -0.05) is 36.4 Å². The molecule has 0 radical (unpaired) electrons. The lowest BCUT2D eigenvalue weighted by molar-refractivity contribution is 0.588. The summed E-state index contributed by atoms with van der Waals surface area (Å²) in [7, 11) is -3.13. The molecule has 0 saturated carbocycles. The fraction of sp³-hybridized carbons (Fsp3) is 0.161. The van der Waals surface area contributed by atoms with Crippen LogP contribution in [0, 0.1) is 0 Å². The van der Waals surface area contributed by atoms with Crippen LogP contribution in [0.1, 0.15) is 12.5 Å². The molecule has 5 aromatic rings. The number of aromatic nitrogens is 2. The number of thioether (sulfide) groups is 1. The van der Waals surface area contributed by atoms with Crippen molar-refractivity contribution in [3.05, 3.63) is 103 Å². The van der Waals surface area contributed by atoms with Crippen LogP contribution in [0.4, 0.5) is 0 Å². The van der Waals surface area contributed by atoms with Crippen molar-refractivity contribution in [2.75, 3.05) is 12.5 Å². The number of nitrogens with zero attached hydrogens (tertiary/aromatic N) is 2. The summed E-state index contributed by atoms with van der Waals surface area (Å²) in [6, 6.07) is 27.1. The fourth-order valence-electron chi connectivity index (χ4n) is 4.58. The Morgan fingerprint density at radius 3 is 2.30 bits per heavy atom. The first-order valence-electron chi connectivity index (χ1n) is 12.1. The van der Waals surface area contributed by atoms with Gasteiger partial charge in [-0.2, -0.15) is 0 Å². The third-order valence-corrected chi connectivity index (χ3v) is 9.10. The van der Waals surface area contributed by atoms with Crippen molar-refractivity contribution in [3.8, 4) is 33.4 Å². The van der Waals surface area contributed by atoms with E-state index in [1.807, 2.05) is 24.5 Å². The van der Waals surface area contributed by atoms with Crippen molar-refractivity contribution in [1.82, 2.24) is 9.97 Å². The first-order valence-corrected chi connectivity index (χ1v) is 15.3. The second-order valence-electron chi connectivity index (χ2n) is 9.29. The van der Waals surface area contributed by atoms with E-state index in [0.29, 0.717) is 6.42 Å². The van der Waals surface area contributed by atoms with Crippen molar-refractivity contribution >= 4 is 32.5 Å². The van der Waals surface area contributed by atoms with Gasteiger partial charge >= 0.3 is 0 Å². The maximum atomic E-state index is 12.1. The highest BCUT2D eigenvalue weighted by molar-refractivity contribution is 7.98. The summed E-state index contributed by atoms with van der Waals surface area (Å²) >= 11 is 1.73. The number of rotatable bonds is 7. The monoisotopic (exact) mass is 524 g/mol. The molecule has 2 aromatic heterocycles. The van der Waals surface area contributed by atoms with E-state index in [-0.39, 0.29) is 0 Å². The van der Waals surface area contributed by atoms with Crippen molar-refractivity contribution in [3.63, 3.8) is 0 Å². The van der Waals surface area contributed by atoms with Crippen molar-refractivity contribution in [2.45, 2.75) is 23.5 Å². The minimum Gasteiger partial charge on any atom is -0.264 e. The molecule has 1 atom stereocenters. The minimum atomic E-state index is -3.13. The third kappa shape index (κ3) is 5.45. The van der Waals surface area contributed by atoms with E-state index in [2.05, 4.69) is 83.0 Å². The van der Waals surface area contributed by atoms with E-state index in [1.54, 1.807) is 24.9 Å². The van der Waals surface area contributed by atoms with E-state index >= 15 is 0 Å². The van der Waals surface area contributed by atoms with Crippen LogP contribution in [-0.4, -0.2) is 36.1 Å². The van der Waals surface area contributed by atoms with Gasteiger partial charge in [0.05, 0.1) is 10.8 Å². The zero-order valence-electron chi connectivity index (χ0n) is 21.0. The first kappa shape index (κ1) is 25.2. The summed E-state index contributed by atoms with van der Waals surface area (Å²) in [5.41, 5.74) is 8.29. The standard InChI is InChI=1S/C31H28N2O2S2/c1-21(37(3,34)35)16-22-17-26-8-5-14-33-31(26)29(18-22)24-6-4-7-25(19-24)30-20-32-15-13-28(30)23-9-11-27(36-2)12-10-23/h4-15,17-21H,16H2,1-3H3. The SMILES string of the molecule is CSc1ccc(-c2ccncc2-c2cccc(-c3cc(CC(C)S(C)(=O)=O)cc4cccnc34)c2)cc1. The van der Waals surface area contributed by atoms with Crippen LogP contribution < -0.4 is 0 Å². The molecular weight excluding hydrogens is 496 g/mol. The van der Waals surface area contributed by atoms with Crippen molar-refractivity contribution in [1.29, 1.82) is 0 Å². The molecule has 6 heteroatoms. The quantitative estimate of drug-likeness (QED) is 0.209. The Labute approximate surface area is 222 Å². The fourth-order valence-corrected chi connectivity index (χ4v) is 5.48. The van der Waals surface area contributed by atoms with E-state index in [0.717, 1.165) is 49.8 Å². The molecule has 0 saturated heterocycles. The summed E-state index contributed by atoms with van der Waals surface area (Å²) < 4.78 is 24.2. The molecule has 0 amide bonds. The molecule has 37 heavy (non-hydrogen) atoms. The van der Waals surface area contributed by atoms with Gasteiger partial charge in [-0.15, -0.1) is 11.8 Å². The van der Waals surface area contributed by atoms with Crippen LogP contribution in [0.5, 0.6) is 0 Å². The molecule has 0 aliphatic rings. The average Bonchev–Trinajstić information content (AvgIpc) is 2.92. The number of benzene rings is 3. The van der Waals surface area contributed by atoms with Gasteiger partial charge in [0, 0.05) is 46.3 Å². The summed E-state index contributed by atoms with van der Waals surface area (Å²) in [5, 5.41) is 0.535. The van der Waals surface area contributed by atoms with Crippen LogP contribution in [0.15, 0.2) is 102 Å². The summed E-state index contributed by atoms with van der Waals surface area (Å²) in [6.07, 6.45) is 9.37. The Kier molecular flexibility index (Phi) is 7.13. The van der Waals surface area contributed by atoms with Gasteiger partial charge in [-0.05, 0) is 89.9 Å². The zero-order chi connectivity index (χ0) is 26.0. The lowest BCUT2D eigenvalue weighted by Crippen LogP contribution is -2.18. The summed E-state index contributed by atoms with van der Waals surface area (Å²) in [5.74, 6) is 0. The molecule has 0 aliphatic heterocycles. The third-order valence-electron chi connectivity index (χ3n) is 6.73. The van der Waals surface area contributed by atoms with Gasteiger partial charge in [-0.25, -0.2) is 8.42 Å². The Hall–Kier alpha value is -3.48. The maximum absolute atomic E-state index is 12.1. The second kappa shape index (κ2) is 10.5. The van der Waals surface area contributed by atoms with Gasteiger partial charge in [0.15, 0.2) is 0 Å². The van der Waals surface area contributed by atoms with E-state index < -0.39 is 15.1 Å². The van der Waals surface area contributed by atoms with E-state index in [4.69, 9.17) is 0 Å². The van der Waals surface area contributed by atoms with Gasteiger partial charge in [0.25, 0.3) is 0 Å². The van der Waals surface area contributed by atoms with Crippen LogP contribution >= 0.6 is 11.8 Å². The molecule has 0 spiro atoms. The predicted octanol–water partition coefficient (Wildman–Crippen LogP) is 7.33. The highest BCUT2D eigenvalue weighted by atomic mass is 32.2. The number of hydrogen-bond donors (Lipinski definition) is 0. The highest BCUT2D eigenvalue weighted by Crippen LogP contribution is 2.36. The minimum absolute atomic E-state index is 0.454. The predicted molar refractivity (Wildman–Crippen MR) is 156 cm³/mol. The van der Waals surface area contributed by atoms with E-state index in [9.17, 15) is 8.42 Å². The van der Waals surface area contributed by atoms with Crippen LogP contribution in [-0.2, 0) is 16.3 Å². The lowest BCUT2D eigenvalue weighted by atomic mass is 9.92. The van der Waals surface area contributed by atoms with Crippen molar-refractivity contribution < 1.29 is 8.42 Å². The zero-order valence-corrected chi connectivity index (χ0v) is 22.7. The van der Waals surface area contributed by atoms with Gasteiger partial charge in [0.1, 0.15) is 9.84 Å². The van der Waals surface area contributed by atoms with Crippen molar-refractivity contribution in [2.24, 2.45) is 0 Å². The Morgan fingerprint density at radius 1 is 0.811 bits per heavy atom. The normalized spacial score (nSPS) is 12.5. The second-order valence-corrected chi connectivity index (χ2v) is 12.6. The number of pyridine rings is 2. The van der Waals surface area contributed by atoms with Crippen LogP contribution in [0.3, 0.4) is 0 Å². The Morgan fingerprint density at radius 2 is 1.57 bits per heavy atom. The average molecular weight is 525 g/mol. The molecule has 2 heterocycles. The molecule has 186 valence electrons. The van der Waals surface area contributed by atoms with Crippen LogP contribution in [0.25, 0.3) is 44.3 Å². The smallest absolute Gasteiger partial charge is 0.150 e. The topological polar surface area (TPSA) is 59.9 Å². The number of fused-ring (bicyclic) bond motifs is 1. The lowest BCUT2D eigenvalue weighted by Gasteiger charge is -2.15. The summed E-state index contributed by atoms with van der Waals surface area (Å²) in [6.45, 7) is 1.76. The molecule has 0 fully saturated rings. The van der Waals surface area contributed by atoms with Crippen LogP contribution in [0.2, 0.25) is 0 Å². The molecule has 4 nitrogen and oxygen atoms in total.